The lowest BCUT2D eigenvalue weighted by molar-refractivity contribution is 0.0940. The number of benzene rings is 2. The molecule has 1 aromatic heterocycles. The van der Waals surface area contributed by atoms with Gasteiger partial charge in [0.1, 0.15) is 22.9 Å². The number of carbonyl (C=O) groups is 1. The summed E-state index contributed by atoms with van der Waals surface area (Å²) < 4.78 is 24.9. The SMILES string of the molecule is COc1cccc(OC)c1C(=O)NCC1CCCC1Nc1nc2ccc(F)cc2s1. The van der Waals surface area contributed by atoms with E-state index in [1.165, 1.54) is 37.7 Å². The number of nitrogens with one attached hydrogen (secondary N) is 2. The normalized spacial score (nSPS) is 18.4. The summed E-state index contributed by atoms with van der Waals surface area (Å²) in [7, 11) is 3.07. The van der Waals surface area contributed by atoms with Crippen molar-refractivity contribution in [2.24, 2.45) is 5.92 Å². The summed E-state index contributed by atoms with van der Waals surface area (Å²) >= 11 is 1.45. The zero-order valence-corrected chi connectivity index (χ0v) is 17.7. The molecule has 2 aromatic carbocycles. The molecule has 3 aromatic rings. The first kappa shape index (κ1) is 20.4. The number of methoxy groups -OCH3 is 2. The highest BCUT2D eigenvalue weighted by molar-refractivity contribution is 7.22. The third-order valence-corrected chi connectivity index (χ3v) is 6.45. The van der Waals surface area contributed by atoms with Gasteiger partial charge in [-0.1, -0.05) is 23.8 Å². The molecule has 0 radical (unpaired) electrons. The van der Waals surface area contributed by atoms with Crippen molar-refractivity contribution in [1.29, 1.82) is 0 Å². The molecule has 2 atom stereocenters. The lowest BCUT2D eigenvalue weighted by Crippen LogP contribution is -2.35. The molecular weight excluding hydrogens is 405 g/mol. The minimum Gasteiger partial charge on any atom is -0.496 e. The number of ether oxygens (including phenoxy) is 2. The van der Waals surface area contributed by atoms with Gasteiger partial charge in [0, 0.05) is 12.6 Å². The van der Waals surface area contributed by atoms with E-state index in [-0.39, 0.29) is 23.7 Å². The summed E-state index contributed by atoms with van der Waals surface area (Å²) in [6.07, 6.45) is 3.10. The summed E-state index contributed by atoms with van der Waals surface area (Å²) in [5.41, 5.74) is 1.19. The van der Waals surface area contributed by atoms with Gasteiger partial charge in [-0.2, -0.15) is 0 Å². The molecule has 2 N–H and O–H groups in total. The summed E-state index contributed by atoms with van der Waals surface area (Å²) in [4.78, 5) is 17.4. The van der Waals surface area contributed by atoms with Crippen molar-refractivity contribution in [3.63, 3.8) is 0 Å². The van der Waals surface area contributed by atoms with Gasteiger partial charge >= 0.3 is 0 Å². The first-order valence-corrected chi connectivity index (χ1v) is 10.7. The first-order valence-electron chi connectivity index (χ1n) is 9.91. The number of amides is 1. The third-order valence-electron chi connectivity index (χ3n) is 5.50. The molecule has 158 valence electrons. The van der Waals surface area contributed by atoms with Gasteiger partial charge in [-0.3, -0.25) is 4.79 Å². The van der Waals surface area contributed by atoms with Crippen LogP contribution in [-0.2, 0) is 0 Å². The van der Waals surface area contributed by atoms with Gasteiger partial charge in [-0.25, -0.2) is 9.37 Å². The molecule has 4 rings (SSSR count). The summed E-state index contributed by atoms with van der Waals surface area (Å²) in [6.45, 7) is 0.539. The Balaban J connectivity index is 1.42. The minimum atomic E-state index is -0.258. The van der Waals surface area contributed by atoms with Crippen LogP contribution in [0.4, 0.5) is 9.52 Å². The number of thiazole rings is 1. The summed E-state index contributed by atoms with van der Waals surface area (Å²) in [5.74, 6) is 0.763. The Labute approximate surface area is 178 Å². The monoisotopic (exact) mass is 429 g/mol. The van der Waals surface area contributed by atoms with Crippen molar-refractivity contribution < 1.29 is 18.7 Å². The fourth-order valence-corrected chi connectivity index (χ4v) is 4.93. The second-order valence-corrected chi connectivity index (χ2v) is 8.35. The number of aromatic nitrogens is 1. The van der Waals surface area contributed by atoms with Crippen molar-refractivity contribution in [3.8, 4) is 11.5 Å². The van der Waals surface area contributed by atoms with E-state index in [0.717, 1.165) is 34.6 Å². The van der Waals surface area contributed by atoms with Crippen molar-refractivity contribution in [1.82, 2.24) is 10.3 Å². The van der Waals surface area contributed by atoms with Crippen LogP contribution in [0.15, 0.2) is 36.4 Å². The summed E-state index contributed by atoms with van der Waals surface area (Å²) in [6, 6.07) is 10.1. The number of anilines is 1. The molecular formula is C22H24FN3O3S. The van der Waals surface area contributed by atoms with Gasteiger partial charge < -0.3 is 20.1 Å². The molecule has 1 saturated carbocycles. The maximum absolute atomic E-state index is 13.4. The maximum Gasteiger partial charge on any atom is 0.258 e. The standard InChI is InChI=1S/C22H24FN3O3S/c1-28-17-7-4-8-18(29-2)20(17)21(27)24-12-13-5-3-6-15(13)25-22-26-16-10-9-14(23)11-19(16)30-22/h4,7-11,13,15H,3,5-6,12H2,1-2H3,(H,24,27)(H,25,26). The van der Waals surface area contributed by atoms with E-state index in [1.54, 1.807) is 24.3 Å². The predicted octanol–water partition coefficient (Wildman–Crippen LogP) is 4.46. The number of nitrogens with zero attached hydrogens (tertiary/aromatic N) is 1. The Hall–Kier alpha value is -2.87. The lowest BCUT2D eigenvalue weighted by Gasteiger charge is -2.21. The van der Waals surface area contributed by atoms with Gasteiger partial charge in [0.15, 0.2) is 5.13 Å². The highest BCUT2D eigenvalue weighted by Crippen LogP contribution is 2.33. The molecule has 1 amide bonds. The van der Waals surface area contributed by atoms with Crippen LogP contribution in [0.2, 0.25) is 0 Å². The van der Waals surface area contributed by atoms with E-state index in [9.17, 15) is 9.18 Å². The van der Waals surface area contributed by atoms with Crippen molar-refractivity contribution in [2.45, 2.75) is 25.3 Å². The van der Waals surface area contributed by atoms with Crippen LogP contribution in [0.3, 0.4) is 0 Å². The van der Waals surface area contributed by atoms with E-state index in [0.29, 0.717) is 23.6 Å². The van der Waals surface area contributed by atoms with Crippen LogP contribution in [0.1, 0.15) is 29.6 Å². The Morgan fingerprint density at radius 1 is 1.20 bits per heavy atom. The fourth-order valence-electron chi connectivity index (χ4n) is 3.98. The highest BCUT2D eigenvalue weighted by Gasteiger charge is 2.29. The number of carbonyl (C=O) groups excluding carboxylic acids is 1. The second-order valence-electron chi connectivity index (χ2n) is 7.32. The largest absolute Gasteiger partial charge is 0.496 e. The molecule has 2 unspecified atom stereocenters. The zero-order valence-electron chi connectivity index (χ0n) is 16.9. The lowest BCUT2D eigenvalue weighted by atomic mass is 10.0. The highest BCUT2D eigenvalue weighted by atomic mass is 32.1. The van der Waals surface area contributed by atoms with Crippen LogP contribution >= 0.6 is 11.3 Å². The molecule has 1 aliphatic rings. The Bertz CT molecular complexity index is 1030. The van der Waals surface area contributed by atoms with Crippen LogP contribution in [0.25, 0.3) is 10.2 Å². The van der Waals surface area contributed by atoms with Gasteiger partial charge in [-0.05, 0) is 49.1 Å². The summed E-state index contributed by atoms with van der Waals surface area (Å²) in [5, 5.41) is 7.31. The molecule has 6 nitrogen and oxygen atoms in total. The van der Waals surface area contributed by atoms with Crippen molar-refractivity contribution in [3.05, 3.63) is 47.8 Å². The topological polar surface area (TPSA) is 72.5 Å². The van der Waals surface area contributed by atoms with E-state index in [1.807, 2.05) is 0 Å². The van der Waals surface area contributed by atoms with Crippen LogP contribution in [0, 0.1) is 11.7 Å². The molecule has 0 spiro atoms. The fraction of sp³-hybridized carbons (Fsp3) is 0.364. The molecule has 30 heavy (non-hydrogen) atoms. The van der Waals surface area contributed by atoms with Crippen LogP contribution < -0.4 is 20.1 Å². The van der Waals surface area contributed by atoms with Crippen molar-refractivity contribution >= 4 is 32.6 Å². The molecule has 1 fully saturated rings. The third kappa shape index (κ3) is 4.18. The number of halogens is 1. The van der Waals surface area contributed by atoms with Gasteiger partial charge in [-0.15, -0.1) is 0 Å². The second kappa shape index (κ2) is 8.87. The smallest absolute Gasteiger partial charge is 0.258 e. The molecule has 0 saturated heterocycles. The number of rotatable bonds is 7. The Morgan fingerprint density at radius 2 is 1.97 bits per heavy atom. The number of hydrogen-bond donors (Lipinski definition) is 2. The molecule has 0 bridgehead atoms. The predicted molar refractivity (Wildman–Crippen MR) is 116 cm³/mol. The van der Waals surface area contributed by atoms with Gasteiger partial charge in [0.2, 0.25) is 0 Å². The maximum atomic E-state index is 13.4. The first-order chi connectivity index (χ1) is 14.6. The average molecular weight is 430 g/mol. The van der Waals surface area contributed by atoms with Crippen LogP contribution in [-0.4, -0.2) is 37.7 Å². The van der Waals surface area contributed by atoms with Crippen molar-refractivity contribution in [2.75, 3.05) is 26.1 Å². The van der Waals surface area contributed by atoms with Gasteiger partial charge in [0.25, 0.3) is 5.91 Å². The number of fused-ring (bicyclic) bond motifs is 1. The molecule has 1 aliphatic carbocycles. The van der Waals surface area contributed by atoms with Gasteiger partial charge in [0.05, 0.1) is 24.4 Å². The molecule has 1 heterocycles. The zero-order chi connectivity index (χ0) is 21.1. The van der Waals surface area contributed by atoms with E-state index in [4.69, 9.17) is 9.47 Å². The average Bonchev–Trinajstić information content (AvgIpc) is 3.37. The van der Waals surface area contributed by atoms with E-state index < -0.39 is 0 Å². The Morgan fingerprint density at radius 3 is 2.70 bits per heavy atom. The quantitative estimate of drug-likeness (QED) is 0.580. The Kier molecular flexibility index (Phi) is 6.03. The van der Waals surface area contributed by atoms with E-state index in [2.05, 4.69) is 15.6 Å². The number of hydrogen-bond acceptors (Lipinski definition) is 6. The minimum absolute atomic E-state index is 0.204. The van der Waals surface area contributed by atoms with E-state index >= 15 is 0 Å². The molecule has 8 heteroatoms. The van der Waals surface area contributed by atoms with Crippen LogP contribution in [0.5, 0.6) is 11.5 Å². The molecule has 0 aliphatic heterocycles.